The molecule has 2 aromatic carbocycles. The number of carbonyl (C=O) groups is 1. The van der Waals surface area contributed by atoms with E-state index in [9.17, 15) is 13.2 Å². The number of rotatable bonds is 5. The summed E-state index contributed by atoms with van der Waals surface area (Å²) in [5.41, 5.74) is 2.87. The summed E-state index contributed by atoms with van der Waals surface area (Å²) in [4.78, 5) is 11.6. The fourth-order valence-electron chi connectivity index (χ4n) is 3.09. The number of anilines is 2. The van der Waals surface area contributed by atoms with Crippen molar-refractivity contribution in [3.63, 3.8) is 0 Å². The average molecular weight is 388 g/mol. The first-order valence-electron chi connectivity index (χ1n) is 8.91. The first-order valence-corrected chi connectivity index (χ1v) is 10.4. The van der Waals surface area contributed by atoms with Crippen LogP contribution in [0, 0.1) is 0 Å². The molecule has 0 aromatic heterocycles. The Morgan fingerprint density at radius 3 is 2.26 bits per heavy atom. The molecule has 1 aliphatic rings. The van der Waals surface area contributed by atoms with Gasteiger partial charge in [0.2, 0.25) is 0 Å². The fraction of sp³-hybridized carbons (Fsp3) is 0.350. The number of fused-ring (bicyclic) bond motifs is 1. The average Bonchev–Trinajstić information content (AvgIpc) is 2.60. The van der Waals surface area contributed by atoms with Gasteiger partial charge in [0.05, 0.1) is 16.3 Å². The molecule has 3 rings (SSSR count). The molecule has 0 spiro atoms. The summed E-state index contributed by atoms with van der Waals surface area (Å²) in [7, 11) is -3.83. The Morgan fingerprint density at radius 1 is 1.04 bits per heavy atom. The lowest BCUT2D eigenvalue weighted by Crippen LogP contribution is -2.25. The normalized spacial score (nSPS) is 13.9. The summed E-state index contributed by atoms with van der Waals surface area (Å²) in [5, 5.41) is 2.64. The molecule has 0 fully saturated rings. The maximum atomic E-state index is 13.1. The third-order valence-corrected chi connectivity index (χ3v) is 5.85. The lowest BCUT2D eigenvalue weighted by Gasteiger charge is -2.22. The summed E-state index contributed by atoms with van der Waals surface area (Å²) in [5.74, 6) is 0.478. The first-order chi connectivity index (χ1) is 12.7. The molecule has 0 bridgehead atoms. The molecular formula is C20H24N2O4S. The molecule has 1 amide bonds. The Morgan fingerprint density at radius 2 is 1.67 bits per heavy atom. The Hall–Kier alpha value is -2.54. The second kappa shape index (κ2) is 7.23. The molecule has 6 nitrogen and oxygen atoms in total. The summed E-state index contributed by atoms with van der Waals surface area (Å²) in [6.07, 6.45) is 0. The van der Waals surface area contributed by atoms with Crippen LogP contribution in [0.5, 0.6) is 5.75 Å². The van der Waals surface area contributed by atoms with Crippen LogP contribution in [0.1, 0.15) is 50.7 Å². The first kappa shape index (κ1) is 19.2. The van der Waals surface area contributed by atoms with E-state index in [1.54, 1.807) is 6.07 Å². The lowest BCUT2D eigenvalue weighted by molar-refractivity contribution is -0.118. The van der Waals surface area contributed by atoms with E-state index in [0.29, 0.717) is 17.1 Å². The van der Waals surface area contributed by atoms with Crippen LogP contribution >= 0.6 is 0 Å². The van der Waals surface area contributed by atoms with Gasteiger partial charge in [-0.3, -0.25) is 9.52 Å². The summed E-state index contributed by atoms with van der Waals surface area (Å²) >= 11 is 0. The number of sulfonamides is 1. The van der Waals surface area contributed by atoms with Gasteiger partial charge in [-0.15, -0.1) is 0 Å². The van der Waals surface area contributed by atoms with Crippen molar-refractivity contribution >= 4 is 27.3 Å². The monoisotopic (exact) mass is 388 g/mol. The molecule has 7 heteroatoms. The van der Waals surface area contributed by atoms with E-state index in [1.807, 2.05) is 45.9 Å². The van der Waals surface area contributed by atoms with Crippen molar-refractivity contribution in [2.45, 2.75) is 44.4 Å². The molecule has 0 saturated carbocycles. The summed E-state index contributed by atoms with van der Waals surface area (Å²) in [6.45, 7) is 8.05. The molecule has 0 aliphatic carbocycles. The Kier molecular flexibility index (Phi) is 5.15. The molecule has 2 aromatic rings. The molecule has 0 radical (unpaired) electrons. The van der Waals surface area contributed by atoms with Crippen molar-refractivity contribution in [3.05, 3.63) is 47.5 Å². The van der Waals surface area contributed by atoms with E-state index in [0.717, 1.165) is 11.1 Å². The van der Waals surface area contributed by atoms with E-state index in [2.05, 4.69) is 10.0 Å². The van der Waals surface area contributed by atoms with E-state index < -0.39 is 10.0 Å². The maximum absolute atomic E-state index is 13.1. The van der Waals surface area contributed by atoms with Crippen LogP contribution in [-0.2, 0) is 14.8 Å². The van der Waals surface area contributed by atoms with Crippen LogP contribution in [0.2, 0.25) is 0 Å². The van der Waals surface area contributed by atoms with Crippen LogP contribution in [0.15, 0.2) is 41.3 Å². The number of amides is 1. The fourth-order valence-corrected chi connectivity index (χ4v) is 4.23. The van der Waals surface area contributed by atoms with Gasteiger partial charge in [0.25, 0.3) is 15.9 Å². The number of benzene rings is 2. The standard InChI is InChI=1S/C20H24N2O4S/c1-12(2)15-6-5-7-16(13(3)4)20(15)22-27(24,25)14-8-9-18-17(10-14)21-19(23)11-26-18/h5-10,12-13,22H,11H2,1-4H3,(H,21,23). The van der Waals surface area contributed by atoms with Crippen molar-refractivity contribution in [2.24, 2.45) is 0 Å². The van der Waals surface area contributed by atoms with Gasteiger partial charge in [-0.2, -0.15) is 0 Å². The summed E-state index contributed by atoms with van der Waals surface area (Å²) < 4.78 is 34.2. The van der Waals surface area contributed by atoms with Crippen molar-refractivity contribution in [1.29, 1.82) is 0 Å². The largest absolute Gasteiger partial charge is 0.482 e. The van der Waals surface area contributed by atoms with Crippen molar-refractivity contribution in [1.82, 2.24) is 0 Å². The number of carbonyl (C=O) groups excluding carboxylic acids is 1. The molecule has 0 unspecified atom stereocenters. The van der Waals surface area contributed by atoms with Crippen LogP contribution in [0.4, 0.5) is 11.4 Å². The molecule has 1 aliphatic heterocycles. The van der Waals surface area contributed by atoms with Gasteiger partial charge in [-0.25, -0.2) is 8.42 Å². The van der Waals surface area contributed by atoms with Gasteiger partial charge in [-0.05, 0) is 41.2 Å². The number of hydrogen-bond acceptors (Lipinski definition) is 4. The Bertz CT molecular complexity index is 955. The third-order valence-electron chi connectivity index (χ3n) is 4.50. The quantitative estimate of drug-likeness (QED) is 0.809. The van der Waals surface area contributed by atoms with Crippen molar-refractivity contribution in [3.8, 4) is 5.75 Å². The SMILES string of the molecule is CC(C)c1cccc(C(C)C)c1NS(=O)(=O)c1ccc2c(c1)NC(=O)CO2. The van der Waals surface area contributed by atoms with Crippen molar-refractivity contribution in [2.75, 3.05) is 16.6 Å². The highest BCUT2D eigenvalue weighted by atomic mass is 32.2. The Balaban J connectivity index is 2.03. The van der Waals surface area contributed by atoms with Gasteiger partial charge < -0.3 is 10.1 Å². The van der Waals surface area contributed by atoms with Crippen LogP contribution in [0.3, 0.4) is 0 Å². The summed E-state index contributed by atoms with van der Waals surface area (Å²) in [6, 6.07) is 10.3. The molecule has 1 heterocycles. The van der Waals surface area contributed by atoms with Gasteiger partial charge >= 0.3 is 0 Å². The van der Waals surface area contributed by atoms with Crippen LogP contribution in [-0.4, -0.2) is 20.9 Å². The van der Waals surface area contributed by atoms with Gasteiger partial charge in [0, 0.05) is 0 Å². The highest BCUT2D eigenvalue weighted by Gasteiger charge is 2.23. The van der Waals surface area contributed by atoms with E-state index >= 15 is 0 Å². The van der Waals surface area contributed by atoms with Crippen LogP contribution in [0.25, 0.3) is 0 Å². The lowest BCUT2D eigenvalue weighted by atomic mass is 9.93. The number of nitrogens with one attached hydrogen (secondary N) is 2. The smallest absolute Gasteiger partial charge is 0.262 e. The zero-order valence-corrected chi connectivity index (χ0v) is 16.7. The zero-order valence-electron chi connectivity index (χ0n) is 15.9. The number of para-hydroxylation sites is 1. The van der Waals surface area contributed by atoms with Gasteiger partial charge in [0.15, 0.2) is 6.61 Å². The van der Waals surface area contributed by atoms with Gasteiger partial charge in [-0.1, -0.05) is 45.9 Å². The third kappa shape index (κ3) is 3.93. The number of hydrogen-bond donors (Lipinski definition) is 2. The minimum Gasteiger partial charge on any atom is -0.482 e. The predicted octanol–water partition coefficient (Wildman–Crippen LogP) is 4.07. The predicted molar refractivity (Wildman–Crippen MR) is 106 cm³/mol. The molecule has 0 atom stereocenters. The molecule has 0 saturated heterocycles. The van der Waals surface area contributed by atoms with E-state index in [1.165, 1.54) is 12.1 Å². The Labute approximate surface area is 160 Å². The maximum Gasteiger partial charge on any atom is 0.262 e. The zero-order chi connectivity index (χ0) is 19.8. The molecule has 144 valence electrons. The van der Waals surface area contributed by atoms with E-state index in [4.69, 9.17) is 4.74 Å². The molecular weight excluding hydrogens is 364 g/mol. The number of ether oxygens (including phenoxy) is 1. The highest BCUT2D eigenvalue weighted by Crippen LogP contribution is 2.35. The topological polar surface area (TPSA) is 84.5 Å². The van der Waals surface area contributed by atoms with E-state index in [-0.39, 0.29) is 29.2 Å². The molecule has 2 N–H and O–H groups in total. The van der Waals surface area contributed by atoms with Crippen LogP contribution < -0.4 is 14.8 Å². The second-order valence-electron chi connectivity index (χ2n) is 7.22. The highest BCUT2D eigenvalue weighted by molar-refractivity contribution is 7.92. The van der Waals surface area contributed by atoms with Crippen molar-refractivity contribution < 1.29 is 17.9 Å². The minimum absolute atomic E-state index is 0.0697. The van der Waals surface area contributed by atoms with Gasteiger partial charge in [0.1, 0.15) is 5.75 Å². The molecule has 27 heavy (non-hydrogen) atoms. The minimum atomic E-state index is -3.83. The second-order valence-corrected chi connectivity index (χ2v) is 8.90.